The Morgan fingerprint density at radius 3 is 2.01 bits per heavy atom. The quantitative estimate of drug-likeness (QED) is 0.00821. The number of nitrogens with zero attached hydrogens (tertiary/aromatic N) is 4. The van der Waals surface area contributed by atoms with Crippen molar-refractivity contribution >= 4 is 108 Å². The number of fused-ring (bicyclic) bond motifs is 4. The molecule has 2 aliphatic heterocycles. The highest BCUT2D eigenvalue weighted by Crippen LogP contribution is 2.43. The van der Waals surface area contributed by atoms with Crippen LogP contribution in [0.2, 0.25) is 0 Å². The lowest BCUT2D eigenvalue weighted by molar-refractivity contribution is -0.126. The first-order valence-corrected chi connectivity index (χ1v) is 32.5. The van der Waals surface area contributed by atoms with E-state index >= 15 is 0 Å². The maximum absolute atomic E-state index is 13.2. The number of benzene rings is 5. The first kappa shape index (κ1) is 64.1. The zero-order valence-corrected chi connectivity index (χ0v) is 52.0. The van der Waals surface area contributed by atoms with E-state index in [1.165, 1.54) is 42.4 Å². The van der Waals surface area contributed by atoms with Crippen molar-refractivity contribution in [1.29, 1.82) is 5.41 Å². The van der Waals surface area contributed by atoms with Gasteiger partial charge in [-0.1, -0.05) is 68.8 Å². The van der Waals surface area contributed by atoms with Gasteiger partial charge in [0.15, 0.2) is 33.6 Å². The van der Waals surface area contributed by atoms with Crippen LogP contribution in [0.4, 0.5) is 11.5 Å². The molecule has 4 amide bonds. The Hall–Kier alpha value is -8.34. The fourth-order valence-corrected chi connectivity index (χ4v) is 12.9. The number of sulfonamides is 1. The summed E-state index contributed by atoms with van der Waals surface area (Å²) < 4.78 is 49.0. The van der Waals surface area contributed by atoms with E-state index < -0.39 is 21.9 Å². The number of hydrogen-bond donors (Lipinski definition) is 9. The molecule has 26 heteroatoms. The Bertz CT molecular complexity index is 4010. The topological polar surface area (TPSA) is 351 Å². The van der Waals surface area contributed by atoms with Crippen LogP contribution in [0.15, 0.2) is 117 Å². The zero-order valence-electron chi connectivity index (χ0n) is 48.3. The van der Waals surface area contributed by atoms with E-state index in [2.05, 4.69) is 58.5 Å². The van der Waals surface area contributed by atoms with Gasteiger partial charge in [-0.05, 0) is 127 Å². The van der Waals surface area contributed by atoms with Gasteiger partial charge in [0.1, 0.15) is 17.7 Å². The number of nitrogens with two attached hydrogens (primary N) is 2. The Kier molecular flexibility index (Phi) is 22.3. The van der Waals surface area contributed by atoms with Crippen LogP contribution in [0.1, 0.15) is 121 Å². The molecule has 0 saturated carbocycles. The van der Waals surface area contributed by atoms with Crippen LogP contribution >= 0.6 is 34.4 Å². The molecule has 0 bridgehead atoms. The van der Waals surface area contributed by atoms with E-state index in [-0.39, 0.29) is 83.2 Å². The Labute approximate surface area is 526 Å². The summed E-state index contributed by atoms with van der Waals surface area (Å²) in [7, 11) is -3.91. The smallest absolute Gasteiger partial charge is 0.336 e. The number of carbonyl (C=O) groups is 5. The van der Waals surface area contributed by atoms with Gasteiger partial charge in [0.05, 0.1) is 15.8 Å². The van der Waals surface area contributed by atoms with Crippen LogP contribution in [0.5, 0.6) is 11.5 Å². The molecule has 88 heavy (non-hydrogen) atoms. The van der Waals surface area contributed by atoms with Crippen molar-refractivity contribution in [2.24, 2.45) is 0 Å². The highest BCUT2D eigenvalue weighted by Gasteiger charge is 2.25. The van der Waals surface area contributed by atoms with Crippen molar-refractivity contribution in [3.63, 3.8) is 0 Å². The molecular weight excluding hydrogens is 1280 g/mol. The molecule has 23 nitrogen and oxygen atoms in total. The number of imidazole rings is 1. The molecule has 0 spiro atoms. The van der Waals surface area contributed by atoms with Crippen LogP contribution in [-0.4, -0.2) is 102 Å². The average molecular weight is 1350 g/mol. The predicted octanol–water partition coefficient (Wildman–Crippen LogP) is 9.00. The fourth-order valence-electron chi connectivity index (χ4n) is 10.1. The Balaban J connectivity index is 0.587. The maximum Gasteiger partial charge on any atom is 0.336 e. The second-order valence-electron chi connectivity index (χ2n) is 21.1. The number of unbranched alkanes of at least 4 members (excludes halogenated alkanes) is 9. The van der Waals surface area contributed by atoms with Gasteiger partial charge in [-0.15, -0.1) is 0 Å². The van der Waals surface area contributed by atoms with Gasteiger partial charge in [-0.2, -0.15) is 0 Å². The monoisotopic (exact) mass is 1350 g/mol. The second-order valence-corrected chi connectivity index (χ2v) is 25.0. The van der Waals surface area contributed by atoms with Crippen molar-refractivity contribution in [2.45, 2.75) is 111 Å². The SMILES string of the molecule is N=c1ccc2c(-c3ccc(C(=O)NCCCCCNS(=O)(=O)c4cccc(C(=O)NCCCCCCCCCCNC(=O)CCC(=O)NCCCn5c(Sc6cc7c(cc6I)OCO7)nc6c(N)ncnc65)c4)cc3C(=O)O)c3ccc(N)cc3oc-2c1. The molecule has 1 aliphatic carbocycles. The van der Waals surface area contributed by atoms with Crippen LogP contribution in [0.3, 0.4) is 0 Å². The lowest BCUT2D eigenvalue weighted by Crippen LogP contribution is -2.29. The third-order valence-electron chi connectivity index (χ3n) is 14.7. The first-order valence-electron chi connectivity index (χ1n) is 29.1. The van der Waals surface area contributed by atoms with E-state index in [0.717, 1.165) is 59.8 Å². The Morgan fingerprint density at radius 2 is 1.31 bits per heavy atom. The molecule has 3 aliphatic rings. The number of amides is 4. The van der Waals surface area contributed by atoms with Crippen LogP contribution in [0, 0.1) is 8.98 Å². The number of nitrogens with one attached hydrogen (secondary N) is 6. The summed E-state index contributed by atoms with van der Waals surface area (Å²) in [6, 6.07) is 24.1. The van der Waals surface area contributed by atoms with Gasteiger partial charge in [-0.25, -0.2) is 32.9 Å². The van der Waals surface area contributed by atoms with Gasteiger partial charge in [-0.3, -0.25) is 19.2 Å². The highest BCUT2D eigenvalue weighted by atomic mass is 127. The third kappa shape index (κ3) is 16.8. The molecule has 0 saturated heterocycles. The number of hydrogen-bond acceptors (Lipinski definition) is 17. The second kappa shape index (κ2) is 30.5. The van der Waals surface area contributed by atoms with E-state index in [1.54, 1.807) is 54.6 Å². The number of aryl methyl sites for hydroxylation is 1. The number of carbonyl (C=O) groups excluding carboxylic acids is 4. The summed E-state index contributed by atoms with van der Waals surface area (Å²) in [6.07, 6.45) is 11.5. The van der Waals surface area contributed by atoms with Crippen LogP contribution in [-0.2, 0) is 26.2 Å². The third-order valence-corrected chi connectivity index (χ3v) is 18.5. The number of ether oxygens (including phenoxy) is 2. The van der Waals surface area contributed by atoms with E-state index in [9.17, 15) is 37.5 Å². The maximum atomic E-state index is 13.2. The molecule has 0 fully saturated rings. The van der Waals surface area contributed by atoms with Gasteiger partial charge in [0.25, 0.3) is 11.8 Å². The highest BCUT2D eigenvalue weighted by molar-refractivity contribution is 14.1. The van der Waals surface area contributed by atoms with Gasteiger partial charge >= 0.3 is 5.97 Å². The molecule has 0 radical (unpaired) electrons. The molecule has 2 aromatic heterocycles. The number of rotatable bonds is 32. The molecule has 6 aromatic rings. The number of carboxylic acid groups (broad SMARTS) is 1. The average Bonchev–Trinajstić information content (AvgIpc) is 0.947. The van der Waals surface area contributed by atoms with Gasteiger partial charge < -0.3 is 61.7 Å². The summed E-state index contributed by atoms with van der Waals surface area (Å²) in [4.78, 5) is 78.1. The molecule has 462 valence electrons. The minimum absolute atomic E-state index is 0.0236. The summed E-state index contributed by atoms with van der Waals surface area (Å²) in [5.41, 5.74) is 16.0. The standard InChI is InChI=1S/C62H69IN12O11S2/c63-47-34-50-51(85-37-84-50)35-52(47)87-62-74-56-57(66)71-36-72-58(56)75(62)29-13-27-68-54(77)23-22-53(76)67-24-8-5-3-1-2-4-6-9-25-69-59(78)38-14-12-15-42(30-38)88(82,83)73-28-11-7-10-26-70-60(79)39-16-19-43(46(31-39)61(80)81)55-44-20-17-40(64)32-48(44)86-49-33-41(65)18-21-45(49)55/h12,14-21,30-36,64,73H,1-11,13,22-29,37,65H2,(H,67,76)(H,68,77)(H,69,78)(H,70,79)(H,80,81)(H2,66,71,72). The lowest BCUT2D eigenvalue weighted by atomic mass is 9.89. The van der Waals surface area contributed by atoms with Crippen LogP contribution < -0.4 is 52.3 Å². The van der Waals surface area contributed by atoms with Gasteiger partial charge in [0, 0.05) is 106 Å². The van der Waals surface area contributed by atoms with Crippen molar-refractivity contribution < 1.29 is 51.4 Å². The molecule has 0 unspecified atom stereocenters. The number of nitrogen functional groups attached to an aromatic ring is 2. The minimum atomic E-state index is -3.91. The van der Waals surface area contributed by atoms with Crippen molar-refractivity contribution in [3.8, 4) is 33.9 Å². The zero-order chi connectivity index (χ0) is 62.2. The van der Waals surface area contributed by atoms with Crippen molar-refractivity contribution in [3.05, 3.63) is 123 Å². The van der Waals surface area contributed by atoms with E-state index in [1.807, 2.05) is 16.7 Å². The van der Waals surface area contributed by atoms with Crippen molar-refractivity contribution in [1.82, 2.24) is 45.5 Å². The summed E-state index contributed by atoms with van der Waals surface area (Å²) in [5, 5.41) is 31.5. The van der Waals surface area contributed by atoms with E-state index in [4.69, 9.17) is 35.8 Å². The number of anilines is 2. The minimum Gasteiger partial charge on any atom is -0.478 e. The van der Waals surface area contributed by atoms with Gasteiger partial charge in [0.2, 0.25) is 28.6 Å². The summed E-state index contributed by atoms with van der Waals surface area (Å²) >= 11 is 3.70. The molecule has 4 heterocycles. The van der Waals surface area contributed by atoms with E-state index in [0.29, 0.717) is 119 Å². The molecule has 11 N–H and O–H groups in total. The number of aromatic nitrogens is 4. The molecular formula is C62H69IN12O11S2. The number of aromatic carboxylic acids is 1. The predicted molar refractivity (Wildman–Crippen MR) is 342 cm³/mol. The lowest BCUT2D eigenvalue weighted by Gasteiger charge is -2.17. The summed E-state index contributed by atoms with van der Waals surface area (Å²) in [6.45, 7) is 2.50. The Morgan fingerprint density at radius 1 is 0.682 bits per heavy atom. The fraction of sp³-hybridized carbons (Fsp3) is 0.339. The number of carboxylic acids is 1. The molecule has 0 atom stereocenters. The van der Waals surface area contributed by atoms with Crippen molar-refractivity contribution in [2.75, 3.05) is 51.0 Å². The molecule has 9 rings (SSSR count). The largest absolute Gasteiger partial charge is 0.478 e. The first-order chi connectivity index (χ1) is 42.5. The van der Waals surface area contributed by atoms with Crippen LogP contribution in [0.25, 0.3) is 44.6 Å². The summed E-state index contributed by atoms with van der Waals surface area (Å²) in [5.74, 6) is -0.384. The number of halogens is 1. The molecule has 4 aromatic carbocycles. The normalized spacial score (nSPS) is 12.0.